The lowest BCUT2D eigenvalue weighted by Gasteiger charge is -2.27. The smallest absolute Gasteiger partial charge is 0.170 e. The van der Waals surface area contributed by atoms with Crippen molar-refractivity contribution in [2.45, 2.75) is 26.4 Å². The van der Waals surface area contributed by atoms with Gasteiger partial charge in [-0.15, -0.1) is 0 Å². The molecule has 0 saturated heterocycles. The van der Waals surface area contributed by atoms with Crippen LogP contribution in [-0.4, -0.2) is 12.9 Å². The molecule has 1 aliphatic rings. The number of carbonyl (C=O) groups excluding carboxylic acids is 1. The Balaban J connectivity index is 1.95. The van der Waals surface area contributed by atoms with Crippen molar-refractivity contribution >= 4 is 5.78 Å². The van der Waals surface area contributed by atoms with E-state index in [4.69, 9.17) is 9.47 Å². The Labute approximate surface area is 124 Å². The Morgan fingerprint density at radius 3 is 2.52 bits per heavy atom. The van der Waals surface area contributed by atoms with Crippen LogP contribution >= 0.6 is 0 Å². The normalized spacial score (nSPS) is 17.1. The van der Waals surface area contributed by atoms with Gasteiger partial charge in [-0.3, -0.25) is 4.79 Å². The lowest BCUT2D eigenvalue weighted by Crippen LogP contribution is -2.21. The van der Waals surface area contributed by atoms with Gasteiger partial charge in [-0.1, -0.05) is 18.2 Å². The Hall–Kier alpha value is -2.29. The van der Waals surface area contributed by atoms with Gasteiger partial charge >= 0.3 is 0 Å². The second-order valence-electron chi connectivity index (χ2n) is 5.47. The monoisotopic (exact) mass is 282 g/mol. The van der Waals surface area contributed by atoms with Crippen LogP contribution in [-0.2, 0) is 0 Å². The van der Waals surface area contributed by atoms with Gasteiger partial charge in [-0.2, -0.15) is 0 Å². The molecule has 21 heavy (non-hydrogen) atoms. The maximum absolute atomic E-state index is 12.4. The van der Waals surface area contributed by atoms with Gasteiger partial charge in [0.2, 0.25) is 0 Å². The number of aryl methyl sites for hydroxylation is 2. The highest BCUT2D eigenvalue weighted by molar-refractivity contribution is 6.00. The van der Waals surface area contributed by atoms with Gasteiger partial charge in [0, 0.05) is 0 Å². The maximum atomic E-state index is 12.4. The average Bonchev–Trinajstić information content (AvgIpc) is 2.48. The van der Waals surface area contributed by atoms with Gasteiger partial charge in [-0.25, -0.2) is 0 Å². The third-order valence-electron chi connectivity index (χ3n) is 3.84. The molecule has 0 aliphatic carbocycles. The molecule has 3 nitrogen and oxygen atoms in total. The molecular weight excluding hydrogens is 264 g/mol. The number of methoxy groups -OCH3 is 1. The summed E-state index contributed by atoms with van der Waals surface area (Å²) in [5, 5.41) is 0. The average molecular weight is 282 g/mol. The molecule has 1 atom stereocenters. The number of rotatable bonds is 2. The van der Waals surface area contributed by atoms with Crippen molar-refractivity contribution in [3.8, 4) is 11.5 Å². The molecule has 2 aromatic carbocycles. The molecule has 0 aromatic heterocycles. The van der Waals surface area contributed by atoms with Gasteiger partial charge in [0.05, 0.1) is 19.1 Å². The first-order valence-electron chi connectivity index (χ1n) is 7.03. The summed E-state index contributed by atoms with van der Waals surface area (Å²) in [6, 6.07) is 11.6. The molecule has 2 aromatic rings. The second kappa shape index (κ2) is 5.24. The first-order valence-corrected chi connectivity index (χ1v) is 7.03. The zero-order valence-electron chi connectivity index (χ0n) is 12.5. The number of Topliss-reactive ketones (excluding diaryl/α,β-unsaturated/α-hetero) is 1. The summed E-state index contributed by atoms with van der Waals surface area (Å²) in [6.45, 7) is 3.98. The molecule has 1 unspecified atom stereocenters. The van der Waals surface area contributed by atoms with Crippen LogP contribution < -0.4 is 9.47 Å². The third-order valence-corrected chi connectivity index (χ3v) is 3.84. The van der Waals surface area contributed by atoms with Crippen molar-refractivity contribution in [2.24, 2.45) is 0 Å². The lowest BCUT2D eigenvalue weighted by molar-refractivity contribution is 0.0848. The van der Waals surface area contributed by atoms with Crippen molar-refractivity contribution in [3.63, 3.8) is 0 Å². The first kappa shape index (κ1) is 13.7. The molecule has 3 rings (SSSR count). The number of hydrogen-bond donors (Lipinski definition) is 0. The quantitative estimate of drug-likeness (QED) is 0.834. The maximum Gasteiger partial charge on any atom is 0.170 e. The van der Waals surface area contributed by atoms with E-state index >= 15 is 0 Å². The highest BCUT2D eigenvalue weighted by Gasteiger charge is 2.28. The number of fused-ring (bicyclic) bond motifs is 1. The van der Waals surface area contributed by atoms with Gasteiger partial charge in [0.15, 0.2) is 5.78 Å². The summed E-state index contributed by atoms with van der Waals surface area (Å²) in [6.07, 6.45) is 0.152. The molecule has 3 heteroatoms. The van der Waals surface area contributed by atoms with E-state index in [0.29, 0.717) is 12.0 Å². The summed E-state index contributed by atoms with van der Waals surface area (Å²) in [5.41, 5.74) is 3.80. The predicted octanol–water partition coefficient (Wildman–Crippen LogP) is 4.02. The van der Waals surface area contributed by atoms with Gasteiger partial charge in [0.1, 0.15) is 17.6 Å². The van der Waals surface area contributed by atoms with Crippen molar-refractivity contribution in [2.75, 3.05) is 7.11 Å². The van der Waals surface area contributed by atoms with Crippen LogP contribution in [0.2, 0.25) is 0 Å². The van der Waals surface area contributed by atoms with Crippen molar-refractivity contribution in [1.29, 1.82) is 0 Å². The number of ketones is 1. The van der Waals surface area contributed by atoms with Crippen LogP contribution in [0.4, 0.5) is 0 Å². The number of benzene rings is 2. The van der Waals surface area contributed by atoms with Crippen LogP contribution in [0.15, 0.2) is 36.4 Å². The van der Waals surface area contributed by atoms with E-state index in [1.54, 1.807) is 7.11 Å². The minimum atomic E-state index is -0.225. The van der Waals surface area contributed by atoms with Gasteiger partial charge in [0.25, 0.3) is 0 Å². The largest absolute Gasteiger partial charge is 0.497 e. The van der Waals surface area contributed by atoms with Crippen LogP contribution in [0, 0.1) is 13.8 Å². The summed E-state index contributed by atoms with van der Waals surface area (Å²) in [7, 11) is 1.64. The SMILES string of the molecule is COc1ccc(C2CC(=O)c3cc(C)cc(C)c3O2)cc1. The minimum absolute atomic E-state index is 0.142. The highest BCUT2D eigenvalue weighted by atomic mass is 16.5. The van der Waals surface area contributed by atoms with Gasteiger partial charge < -0.3 is 9.47 Å². The first-order chi connectivity index (χ1) is 10.1. The molecule has 0 fully saturated rings. The van der Waals surface area contributed by atoms with Crippen LogP contribution in [0.1, 0.15) is 39.6 Å². The van der Waals surface area contributed by atoms with Crippen molar-refractivity contribution in [1.82, 2.24) is 0 Å². The van der Waals surface area contributed by atoms with E-state index < -0.39 is 0 Å². The van der Waals surface area contributed by atoms with E-state index in [1.807, 2.05) is 50.2 Å². The van der Waals surface area contributed by atoms with Crippen LogP contribution in [0.5, 0.6) is 11.5 Å². The molecule has 0 N–H and O–H groups in total. The standard InChI is InChI=1S/C18H18O3/c1-11-8-12(2)18-15(9-11)16(19)10-17(21-18)13-4-6-14(20-3)7-5-13/h4-9,17H,10H2,1-3H3. The van der Waals surface area contributed by atoms with Crippen molar-refractivity contribution in [3.05, 3.63) is 58.7 Å². The summed E-state index contributed by atoms with van der Waals surface area (Å²) >= 11 is 0. The van der Waals surface area contributed by atoms with E-state index in [2.05, 4.69) is 0 Å². The summed E-state index contributed by atoms with van der Waals surface area (Å²) in [5.74, 6) is 1.66. The molecule has 0 radical (unpaired) electrons. The Bertz CT molecular complexity index is 686. The molecule has 1 heterocycles. The fourth-order valence-electron chi connectivity index (χ4n) is 2.78. The molecule has 0 bridgehead atoms. The summed E-state index contributed by atoms with van der Waals surface area (Å²) in [4.78, 5) is 12.4. The third kappa shape index (κ3) is 2.51. The van der Waals surface area contributed by atoms with Gasteiger partial charge in [-0.05, 0) is 48.7 Å². The molecule has 1 aliphatic heterocycles. The Morgan fingerprint density at radius 2 is 1.86 bits per heavy atom. The Kier molecular flexibility index (Phi) is 3.42. The molecular formula is C18H18O3. The topological polar surface area (TPSA) is 35.5 Å². The van der Waals surface area contributed by atoms with Crippen LogP contribution in [0.25, 0.3) is 0 Å². The fraction of sp³-hybridized carbons (Fsp3) is 0.278. The number of hydrogen-bond acceptors (Lipinski definition) is 3. The van der Waals surface area contributed by atoms with E-state index in [1.165, 1.54) is 0 Å². The van der Waals surface area contributed by atoms with E-state index in [0.717, 1.165) is 28.2 Å². The highest BCUT2D eigenvalue weighted by Crippen LogP contribution is 2.38. The van der Waals surface area contributed by atoms with E-state index in [-0.39, 0.29) is 11.9 Å². The molecule has 0 amide bonds. The van der Waals surface area contributed by atoms with Crippen LogP contribution in [0.3, 0.4) is 0 Å². The Morgan fingerprint density at radius 1 is 1.14 bits per heavy atom. The summed E-state index contributed by atoms with van der Waals surface area (Å²) < 4.78 is 11.2. The zero-order valence-corrected chi connectivity index (χ0v) is 12.5. The molecule has 0 spiro atoms. The van der Waals surface area contributed by atoms with E-state index in [9.17, 15) is 4.79 Å². The van der Waals surface area contributed by atoms with Crippen molar-refractivity contribution < 1.29 is 14.3 Å². The zero-order chi connectivity index (χ0) is 15.0. The lowest BCUT2D eigenvalue weighted by atomic mass is 9.93. The molecule has 108 valence electrons. The predicted molar refractivity (Wildman–Crippen MR) is 81.2 cm³/mol. The second-order valence-corrected chi connectivity index (χ2v) is 5.47. The minimum Gasteiger partial charge on any atom is -0.497 e. The molecule has 0 saturated carbocycles. The number of ether oxygens (including phenoxy) is 2. The fourth-order valence-corrected chi connectivity index (χ4v) is 2.78. The number of carbonyl (C=O) groups is 1.